The van der Waals surface area contributed by atoms with Crippen LogP contribution in [0.5, 0.6) is 0 Å². The van der Waals surface area contributed by atoms with E-state index < -0.39 is 83.2 Å². The smallest absolute Gasteiger partial charge is 0.316 e. The van der Waals surface area contributed by atoms with Crippen LogP contribution in [0.4, 0.5) is 6.01 Å². The lowest BCUT2D eigenvalue weighted by atomic mass is 9.73. The number of anilines is 1. The highest BCUT2D eigenvalue weighted by Gasteiger charge is 2.53. The number of nitrogens with two attached hydrogens (primary N) is 1. The van der Waals surface area contributed by atoms with Gasteiger partial charge in [0.15, 0.2) is 17.7 Å². The van der Waals surface area contributed by atoms with Crippen molar-refractivity contribution < 1.29 is 57.4 Å². The fourth-order valence-corrected chi connectivity index (χ4v) is 8.81. The molecule has 0 spiro atoms. The number of aromatic nitrogens is 1. The van der Waals surface area contributed by atoms with Gasteiger partial charge >= 0.3 is 5.97 Å². The third-order valence-corrected chi connectivity index (χ3v) is 11.9. The Balaban J connectivity index is 0.000000512. The molecule has 60 heavy (non-hydrogen) atoms. The van der Waals surface area contributed by atoms with Crippen molar-refractivity contribution >= 4 is 46.2 Å². The van der Waals surface area contributed by atoms with Gasteiger partial charge in [0.1, 0.15) is 29.2 Å². The zero-order valence-electron chi connectivity index (χ0n) is 37.2. The average Bonchev–Trinajstić information content (AvgIpc) is 3.55. The maximum atomic E-state index is 14.2. The number of carbonyl (C=O) groups is 3. The summed E-state index contributed by atoms with van der Waals surface area (Å²) in [5.74, 6) is -5.12. The molecule has 17 nitrogen and oxygen atoms in total. The van der Waals surface area contributed by atoms with Crippen molar-refractivity contribution in [1.29, 1.82) is 5.41 Å². The lowest BCUT2D eigenvalue weighted by Crippen LogP contribution is -2.60. The van der Waals surface area contributed by atoms with Gasteiger partial charge in [-0.1, -0.05) is 33.8 Å². The molecule has 336 valence electrons. The van der Waals surface area contributed by atoms with Crippen LogP contribution in [0.3, 0.4) is 0 Å². The van der Waals surface area contributed by atoms with Crippen molar-refractivity contribution in [3.8, 4) is 0 Å². The fourth-order valence-electron chi connectivity index (χ4n) is 8.81. The minimum Gasteiger partial charge on any atom is -0.459 e. The molecule has 1 aromatic heterocycles. The summed E-state index contributed by atoms with van der Waals surface area (Å²) in [5.41, 5.74) is 5.29. The second-order valence-corrected chi connectivity index (χ2v) is 17.3. The average molecular weight is 846 g/mol. The molecule has 17 heteroatoms. The van der Waals surface area contributed by atoms with Crippen LogP contribution in [-0.4, -0.2) is 138 Å². The highest BCUT2D eigenvalue weighted by molar-refractivity contribution is 6.00. The molecule has 13 atom stereocenters. The zero-order valence-corrected chi connectivity index (χ0v) is 37.2. The SMILES string of the molecule is CC[C@H]1OC(=O)[C@H](C)C(=O)[C@H](C)[C@@H](O[C@@H]2O[C@H](C)C[C@H](N(C)C)[C@H]2O)[C@@]2(C)C[C@@H](C)C(=NC(C)=O)[C@H](C)[C@@H](OCC(=N)CO2)[C@]1(C)O.COCc1ccc2oc(N)nc2c1. The number of rotatable bonds is 6. The normalized spacial score (nSPS) is 36.8. The summed E-state index contributed by atoms with van der Waals surface area (Å²) in [6.45, 7) is 15.1. The molecule has 0 unspecified atom stereocenters. The summed E-state index contributed by atoms with van der Waals surface area (Å²) in [5, 5.41) is 32.2. The number of nitrogen functional groups attached to an aromatic ring is 1. The Labute approximate surface area is 353 Å². The summed E-state index contributed by atoms with van der Waals surface area (Å²) in [4.78, 5) is 50.6. The van der Waals surface area contributed by atoms with E-state index >= 15 is 0 Å². The first-order chi connectivity index (χ1) is 28.0. The van der Waals surface area contributed by atoms with Crippen molar-refractivity contribution in [2.24, 2.45) is 28.7 Å². The number of nitrogens with zero attached hydrogens (tertiary/aromatic N) is 3. The van der Waals surface area contributed by atoms with Crippen LogP contribution in [0.1, 0.15) is 87.1 Å². The van der Waals surface area contributed by atoms with Gasteiger partial charge in [-0.05, 0) is 84.7 Å². The first kappa shape index (κ1) is 49.0. The number of hydrogen-bond acceptors (Lipinski definition) is 16. The molecule has 3 fully saturated rings. The summed E-state index contributed by atoms with van der Waals surface area (Å²) < 4.78 is 41.5. The maximum Gasteiger partial charge on any atom is 0.316 e. The minimum atomic E-state index is -1.79. The zero-order chi connectivity index (χ0) is 44.9. The lowest BCUT2D eigenvalue weighted by Gasteiger charge is -2.47. The molecule has 0 aliphatic carbocycles. The van der Waals surface area contributed by atoms with Crippen molar-refractivity contribution in [1.82, 2.24) is 9.88 Å². The molecule has 1 amide bonds. The number of likely N-dealkylation sites (N-methyl/N-ethyl adjacent to an activating group) is 1. The first-order valence-corrected chi connectivity index (χ1v) is 20.7. The second-order valence-electron chi connectivity index (χ2n) is 17.3. The first-order valence-electron chi connectivity index (χ1n) is 20.7. The number of methoxy groups -OCH3 is 1. The van der Waals surface area contributed by atoms with Gasteiger partial charge in [-0.15, -0.1) is 0 Å². The van der Waals surface area contributed by atoms with E-state index in [1.165, 1.54) is 20.8 Å². The van der Waals surface area contributed by atoms with Crippen LogP contribution in [0.2, 0.25) is 0 Å². The number of esters is 1. The van der Waals surface area contributed by atoms with Crippen molar-refractivity contribution in [2.45, 2.75) is 142 Å². The number of aliphatic hydroxyl groups is 2. The number of cyclic esters (lactones) is 1. The number of ether oxygens (including phenoxy) is 6. The topological polar surface area (TPSA) is 239 Å². The van der Waals surface area contributed by atoms with Crippen molar-refractivity contribution in [3.63, 3.8) is 0 Å². The third kappa shape index (κ3) is 11.4. The van der Waals surface area contributed by atoms with E-state index in [0.717, 1.165) is 11.1 Å². The lowest BCUT2D eigenvalue weighted by molar-refractivity contribution is -0.296. The largest absolute Gasteiger partial charge is 0.459 e. The summed E-state index contributed by atoms with van der Waals surface area (Å²) in [6.07, 6.45) is -4.80. The Kier molecular flexibility index (Phi) is 16.7. The van der Waals surface area contributed by atoms with Crippen LogP contribution < -0.4 is 5.73 Å². The van der Waals surface area contributed by atoms with Crippen LogP contribution in [0.15, 0.2) is 27.6 Å². The number of ketones is 1. The molecular formula is C43H67N5O12. The molecule has 0 radical (unpaired) electrons. The molecule has 0 saturated carbocycles. The Morgan fingerprint density at radius 3 is 2.42 bits per heavy atom. The van der Waals surface area contributed by atoms with E-state index in [1.807, 2.05) is 51.0 Å². The number of oxazole rings is 1. The molecule has 1 aromatic carbocycles. The Morgan fingerprint density at radius 2 is 1.80 bits per heavy atom. The molecule has 4 heterocycles. The Morgan fingerprint density at radius 1 is 1.12 bits per heavy atom. The van der Waals surface area contributed by atoms with E-state index in [-0.39, 0.29) is 49.9 Å². The van der Waals surface area contributed by atoms with Crippen LogP contribution in [-0.2, 0) is 49.4 Å². The molecule has 5 rings (SSSR count). The molecule has 3 aliphatic rings. The molecular weight excluding hydrogens is 778 g/mol. The fraction of sp³-hybridized carbons (Fsp3) is 0.721. The van der Waals surface area contributed by atoms with Gasteiger partial charge in [0.05, 0.1) is 49.4 Å². The summed E-state index contributed by atoms with van der Waals surface area (Å²) >= 11 is 0. The van der Waals surface area contributed by atoms with Gasteiger partial charge in [0.2, 0.25) is 5.91 Å². The molecule has 3 saturated heterocycles. The van der Waals surface area contributed by atoms with Crippen LogP contribution in [0, 0.1) is 29.1 Å². The van der Waals surface area contributed by atoms with E-state index in [0.29, 0.717) is 24.3 Å². The maximum absolute atomic E-state index is 14.2. The van der Waals surface area contributed by atoms with E-state index in [1.54, 1.807) is 34.8 Å². The number of amides is 1. The number of benzene rings is 1. The van der Waals surface area contributed by atoms with Crippen LogP contribution in [0.25, 0.3) is 11.1 Å². The quantitative estimate of drug-likeness (QED) is 0.236. The number of hydrogen-bond donors (Lipinski definition) is 4. The predicted molar refractivity (Wildman–Crippen MR) is 223 cm³/mol. The monoisotopic (exact) mass is 845 g/mol. The van der Waals surface area contributed by atoms with Crippen LogP contribution >= 0.6 is 0 Å². The predicted octanol–water partition coefficient (Wildman–Crippen LogP) is 4.13. The molecule has 2 aromatic rings. The molecule has 3 aliphatic heterocycles. The van der Waals surface area contributed by atoms with E-state index in [2.05, 4.69) is 9.98 Å². The van der Waals surface area contributed by atoms with Crippen molar-refractivity contribution in [2.75, 3.05) is 40.2 Å². The van der Waals surface area contributed by atoms with Gasteiger partial charge in [-0.3, -0.25) is 14.4 Å². The minimum absolute atomic E-state index is 0.0603. The van der Waals surface area contributed by atoms with Gasteiger partial charge in [0, 0.05) is 37.6 Å². The Hall–Kier alpha value is -3.68. The molecule has 5 N–H and O–H groups in total. The van der Waals surface area contributed by atoms with E-state index in [4.69, 9.17) is 44.0 Å². The number of aliphatic imine (C=N–C) groups is 1. The van der Waals surface area contributed by atoms with Gasteiger partial charge in [-0.25, -0.2) is 4.99 Å². The van der Waals surface area contributed by atoms with Gasteiger partial charge < -0.3 is 59.1 Å². The Bertz CT molecular complexity index is 1850. The van der Waals surface area contributed by atoms with Gasteiger partial charge in [0.25, 0.3) is 6.01 Å². The number of carbonyl (C=O) groups excluding carboxylic acids is 3. The molecule has 2 bridgehead atoms. The number of nitrogens with one attached hydrogen (secondary N) is 1. The highest BCUT2D eigenvalue weighted by atomic mass is 16.7. The summed E-state index contributed by atoms with van der Waals surface area (Å²) in [6, 6.07) is 5.57. The summed E-state index contributed by atoms with van der Waals surface area (Å²) in [7, 11) is 5.37. The second kappa shape index (κ2) is 20.5. The van der Waals surface area contributed by atoms with Crippen molar-refractivity contribution in [3.05, 3.63) is 23.8 Å². The standard InChI is InChI=1S/C34H57N3O10.C9H10N2O2/c1-12-25-34(9,42)30-19(4)26(36-22(7)38)17(2)14-33(8,44-16-23(35)15-43-30)29(20(5)27(39)21(6)31(41)46-25)47-32-28(40)24(37(10)11)13-18(3)45-32;1-12-5-6-2-3-8-7(4-6)11-9(10)13-8/h17-21,24-25,28-30,32,35,40,42H,12-16H2,1-11H3;2-4H,5H2,1H3,(H2,10,11)/t17-,18-,19+,20+,21-,24+,25-,28-,29-,30-,32+,33-,34-;/m1./s1. The number of fused-ring (bicyclic) bond motifs is 6. The number of aliphatic hydroxyl groups excluding tert-OH is 1. The van der Waals surface area contributed by atoms with E-state index in [9.17, 15) is 24.6 Å². The third-order valence-electron chi connectivity index (χ3n) is 11.9. The number of Topliss-reactive ketones (excluding diaryl/α,β-unsaturated/α-hetero) is 1. The van der Waals surface area contributed by atoms with Gasteiger partial charge in [-0.2, -0.15) is 4.98 Å². The highest BCUT2D eigenvalue weighted by Crippen LogP contribution is 2.40.